The highest BCUT2D eigenvalue weighted by atomic mass is 35.5. The number of nitrogens with zero attached hydrogens (tertiary/aromatic N) is 2. The minimum Gasteiger partial charge on any atom is -0.492 e. The van der Waals surface area contributed by atoms with Gasteiger partial charge in [0.2, 0.25) is 5.91 Å². The van der Waals surface area contributed by atoms with Crippen LogP contribution >= 0.6 is 11.6 Å². The summed E-state index contributed by atoms with van der Waals surface area (Å²) in [5.74, 6) is 1.76. The van der Waals surface area contributed by atoms with Gasteiger partial charge in [-0.2, -0.15) is 0 Å². The number of hydrogen-bond acceptors (Lipinski definition) is 3. The molecule has 1 amide bonds. The van der Waals surface area contributed by atoms with E-state index in [9.17, 15) is 4.79 Å². The maximum atomic E-state index is 11.6. The molecule has 114 valence electrons. The highest BCUT2D eigenvalue weighted by molar-refractivity contribution is 6.30. The van der Waals surface area contributed by atoms with E-state index in [0.29, 0.717) is 18.9 Å². The van der Waals surface area contributed by atoms with Crippen molar-refractivity contribution in [3.8, 4) is 5.75 Å². The molecule has 4 nitrogen and oxygen atoms in total. The van der Waals surface area contributed by atoms with Crippen molar-refractivity contribution in [3.05, 3.63) is 28.8 Å². The number of rotatable bonds is 2. The number of likely N-dealkylation sites (tertiary alicyclic amines) is 1. The van der Waals surface area contributed by atoms with Gasteiger partial charge in [0.25, 0.3) is 0 Å². The molecular formula is C16H21ClN2O2. The molecule has 0 radical (unpaired) electrons. The average Bonchev–Trinajstić information content (AvgIpc) is 2.64. The van der Waals surface area contributed by atoms with Crippen molar-refractivity contribution in [1.29, 1.82) is 0 Å². The van der Waals surface area contributed by atoms with Crippen LogP contribution in [-0.4, -0.2) is 49.0 Å². The number of fused-ring (bicyclic) bond motifs is 1. The van der Waals surface area contributed by atoms with Crippen molar-refractivity contribution < 1.29 is 9.53 Å². The summed E-state index contributed by atoms with van der Waals surface area (Å²) in [7, 11) is 1.90. The monoisotopic (exact) mass is 308 g/mol. The Morgan fingerprint density at radius 1 is 1.43 bits per heavy atom. The van der Waals surface area contributed by atoms with Gasteiger partial charge in [-0.1, -0.05) is 11.6 Å². The fourth-order valence-electron chi connectivity index (χ4n) is 3.19. The van der Waals surface area contributed by atoms with E-state index in [1.54, 1.807) is 0 Å². The van der Waals surface area contributed by atoms with Gasteiger partial charge in [-0.15, -0.1) is 0 Å². The molecule has 1 aromatic rings. The summed E-state index contributed by atoms with van der Waals surface area (Å²) in [6.07, 6.45) is 1.66. The summed E-state index contributed by atoms with van der Waals surface area (Å²) in [6, 6.07) is 5.82. The Bertz CT molecular complexity index is 535. The first-order valence-corrected chi connectivity index (χ1v) is 7.87. The van der Waals surface area contributed by atoms with E-state index in [1.165, 1.54) is 0 Å². The zero-order valence-corrected chi connectivity index (χ0v) is 13.1. The third kappa shape index (κ3) is 3.50. The Kier molecular flexibility index (Phi) is 4.36. The Morgan fingerprint density at radius 2 is 2.29 bits per heavy atom. The Labute approximate surface area is 130 Å². The fourth-order valence-corrected chi connectivity index (χ4v) is 3.38. The second-order valence-corrected chi connectivity index (χ2v) is 6.45. The van der Waals surface area contributed by atoms with Crippen molar-refractivity contribution in [2.75, 3.05) is 33.3 Å². The third-order valence-electron chi connectivity index (χ3n) is 4.32. The molecule has 1 saturated heterocycles. The molecule has 2 heterocycles. The number of amides is 1. The van der Waals surface area contributed by atoms with Crippen LogP contribution < -0.4 is 4.74 Å². The summed E-state index contributed by atoms with van der Waals surface area (Å²) < 4.78 is 5.80. The highest BCUT2D eigenvalue weighted by Gasteiger charge is 2.25. The van der Waals surface area contributed by atoms with Gasteiger partial charge in [-0.3, -0.25) is 9.69 Å². The summed E-state index contributed by atoms with van der Waals surface area (Å²) in [6.45, 7) is 4.35. The Balaban J connectivity index is 1.65. The lowest BCUT2D eigenvalue weighted by molar-refractivity contribution is -0.133. The Morgan fingerprint density at radius 3 is 3.10 bits per heavy atom. The molecular weight excluding hydrogens is 288 g/mol. The first kappa shape index (κ1) is 14.7. The number of carbonyl (C=O) groups excluding carboxylic acids is 1. The van der Waals surface area contributed by atoms with Gasteiger partial charge in [0.1, 0.15) is 12.4 Å². The molecule has 1 atom stereocenters. The second kappa shape index (κ2) is 6.24. The molecule has 2 aliphatic rings. The number of benzene rings is 1. The van der Waals surface area contributed by atoms with Crippen LogP contribution in [0.15, 0.2) is 18.2 Å². The maximum Gasteiger partial charge on any atom is 0.222 e. The molecule has 3 rings (SSSR count). The van der Waals surface area contributed by atoms with Gasteiger partial charge >= 0.3 is 0 Å². The zero-order chi connectivity index (χ0) is 14.8. The molecule has 0 spiro atoms. The minimum atomic E-state index is 0.266. The van der Waals surface area contributed by atoms with Crippen LogP contribution in [0.25, 0.3) is 0 Å². The summed E-state index contributed by atoms with van der Waals surface area (Å²) >= 11 is 6.09. The first-order valence-electron chi connectivity index (χ1n) is 7.49. The Hall–Kier alpha value is -1.26. The van der Waals surface area contributed by atoms with E-state index >= 15 is 0 Å². The van der Waals surface area contributed by atoms with Crippen LogP contribution in [-0.2, 0) is 11.3 Å². The van der Waals surface area contributed by atoms with E-state index < -0.39 is 0 Å². The van der Waals surface area contributed by atoms with Gasteiger partial charge in [0.15, 0.2) is 0 Å². The molecule has 0 bridgehead atoms. The molecule has 0 saturated carbocycles. The molecule has 0 aromatic heterocycles. The normalized spacial score (nSPS) is 23.4. The molecule has 1 aromatic carbocycles. The van der Waals surface area contributed by atoms with Crippen molar-refractivity contribution in [2.45, 2.75) is 19.4 Å². The second-order valence-electron chi connectivity index (χ2n) is 6.01. The molecule has 5 heteroatoms. The molecule has 2 aliphatic heterocycles. The number of halogens is 1. The van der Waals surface area contributed by atoms with Gasteiger partial charge in [-0.25, -0.2) is 0 Å². The van der Waals surface area contributed by atoms with Gasteiger partial charge < -0.3 is 9.64 Å². The topological polar surface area (TPSA) is 32.8 Å². The number of hydrogen-bond donors (Lipinski definition) is 0. The lowest BCUT2D eigenvalue weighted by Crippen LogP contribution is -2.42. The molecule has 1 fully saturated rings. The van der Waals surface area contributed by atoms with Crippen molar-refractivity contribution in [3.63, 3.8) is 0 Å². The van der Waals surface area contributed by atoms with Crippen molar-refractivity contribution >= 4 is 17.5 Å². The van der Waals surface area contributed by atoms with Crippen LogP contribution in [0, 0.1) is 5.92 Å². The van der Waals surface area contributed by atoms with Crippen LogP contribution in [0.4, 0.5) is 0 Å². The number of ether oxygens (including phenoxy) is 1. The molecule has 21 heavy (non-hydrogen) atoms. The number of piperidine rings is 1. The van der Waals surface area contributed by atoms with E-state index in [2.05, 4.69) is 4.90 Å². The zero-order valence-electron chi connectivity index (χ0n) is 12.3. The predicted molar refractivity (Wildman–Crippen MR) is 82.6 cm³/mol. The lowest BCUT2D eigenvalue weighted by atomic mass is 9.97. The quantitative estimate of drug-likeness (QED) is 0.841. The summed E-state index contributed by atoms with van der Waals surface area (Å²) in [5, 5.41) is 0.752. The molecule has 0 N–H and O–H groups in total. The molecule has 0 aliphatic carbocycles. The van der Waals surface area contributed by atoms with Crippen LogP contribution in [0.5, 0.6) is 5.75 Å². The highest BCUT2D eigenvalue weighted by Crippen LogP contribution is 2.27. The SMILES string of the molecule is CN1CC(CN2CCOc3ccc(Cl)cc3C2)CCC1=O. The van der Waals surface area contributed by atoms with Crippen molar-refractivity contribution in [2.24, 2.45) is 5.92 Å². The first-order chi connectivity index (χ1) is 10.1. The van der Waals surface area contributed by atoms with Crippen LogP contribution in [0.1, 0.15) is 18.4 Å². The van der Waals surface area contributed by atoms with E-state index in [4.69, 9.17) is 16.3 Å². The van der Waals surface area contributed by atoms with E-state index in [0.717, 1.165) is 48.9 Å². The lowest BCUT2D eigenvalue weighted by Gasteiger charge is -2.33. The largest absolute Gasteiger partial charge is 0.492 e. The van der Waals surface area contributed by atoms with Gasteiger partial charge in [0.05, 0.1) is 0 Å². The summed E-state index contributed by atoms with van der Waals surface area (Å²) in [5.41, 5.74) is 1.15. The van der Waals surface area contributed by atoms with Gasteiger partial charge in [-0.05, 0) is 30.5 Å². The van der Waals surface area contributed by atoms with E-state index in [1.807, 2.05) is 30.1 Å². The maximum absolute atomic E-state index is 11.6. The van der Waals surface area contributed by atoms with Crippen LogP contribution in [0.2, 0.25) is 5.02 Å². The summed E-state index contributed by atoms with van der Waals surface area (Å²) in [4.78, 5) is 15.8. The van der Waals surface area contributed by atoms with E-state index in [-0.39, 0.29) is 5.91 Å². The predicted octanol–water partition coefficient (Wildman–Crippen LogP) is 2.40. The minimum absolute atomic E-state index is 0.266. The average molecular weight is 309 g/mol. The number of carbonyl (C=O) groups is 1. The van der Waals surface area contributed by atoms with Gasteiger partial charge in [0, 0.05) is 50.2 Å². The fraction of sp³-hybridized carbons (Fsp3) is 0.562. The third-order valence-corrected chi connectivity index (χ3v) is 4.56. The standard InChI is InChI=1S/C16H21ClN2O2/c1-18-9-12(2-5-16(18)20)10-19-6-7-21-15-4-3-14(17)8-13(15)11-19/h3-4,8,12H,2,5-7,9-11H2,1H3. The molecule has 1 unspecified atom stereocenters. The van der Waals surface area contributed by atoms with Crippen LogP contribution in [0.3, 0.4) is 0 Å². The smallest absolute Gasteiger partial charge is 0.222 e. The van der Waals surface area contributed by atoms with Crippen molar-refractivity contribution in [1.82, 2.24) is 9.80 Å².